The van der Waals surface area contributed by atoms with Gasteiger partial charge in [0.15, 0.2) is 0 Å². The number of aryl methyl sites for hydroxylation is 1. The van der Waals surface area contributed by atoms with Crippen LogP contribution in [0.4, 0.5) is 0 Å². The highest BCUT2D eigenvalue weighted by atomic mass is 32.1. The first kappa shape index (κ1) is 12.3. The summed E-state index contributed by atoms with van der Waals surface area (Å²) in [5, 5.41) is 9.70. The molecule has 1 aromatic heterocycles. The van der Waals surface area contributed by atoms with Crippen molar-refractivity contribution in [1.29, 1.82) is 0 Å². The monoisotopic (exact) mass is 247 g/mol. The molecule has 90 valence electrons. The van der Waals surface area contributed by atoms with Crippen molar-refractivity contribution in [3.05, 3.63) is 46.3 Å². The standard InChI is InChI=1S/C14H17NOS/c1-9-4-3-5-11(10(9)2)13-6-7-14(17-13)12(16)8-15/h3-7,12,16H,8,15H2,1-2H3. The second-order valence-corrected chi connectivity index (χ2v) is 5.32. The molecule has 0 aliphatic heterocycles. The molecule has 17 heavy (non-hydrogen) atoms. The first-order chi connectivity index (χ1) is 8.13. The summed E-state index contributed by atoms with van der Waals surface area (Å²) in [6.45, 7) is 4.51. The van der Waals surface area contributed by atoms with Gasteiger partial charge in [-0.05, 0) is 42.7 Å². The molecular formula is C14H17NOS. The minimum Gasteiger partial charge on any atom is -0.386 e. The van der Waals surface area contributed by atoms with Crippen molar-refractivity contribution < 1.29 is 5.11 Å². The van der Waals surface area contributed by atoms with Gasteiger partial charge in [0, 0.05) is 16.3 Å². The lowest BCUT2D eigenvalue weighted by atomic mass is 10.0. The van der Waals surface area contributed by atoms with Crippen molar-refractivity contribution in [2.75, 3.05) is 6.54 Å². The fraction of sp³-hybridized carbons (Fsp3) is 0.286. The maximum Gasteiger partial charge on any atom is 0.100 e. The summed E-state index contributed by atoms with van der Waals surface area (Å²) in [6.07, 6.45) is -0.543. The van der Waals surface area contributed by atoms with Crippen LogP contribution in [0.15, 0.2) is 30.3 Å². The Labute approximate surface area is 106 Å². The summed E-state index contributed by atoms with van der Waals surface area (Å²) < 4.78 is 0. The Hall–Kier alpha value is -1.16. The number of hydrogen-bond acceptors (Lipinski definition) is 3. The lowest BCUT2D eigenvalue weighted by molar-refractivity contribution is 0.190. The largest absolute Gasteiger partial charge is 0.386 e. The predicted molar refractivity (Wildman–Crippen MR) is 73.2 cm³/mol. The second-order valence-electron chi connectivity index (χ2n) is 4.20. The Balaban J connectivity index is 2.40. The number of aliphatic hydroxyl groups is 1. The topological polar surface area (TPSA) is 46.2 Å². The Bertz CT molecular complexity index is 519. The molecule has 0 saturated heterocycles. The van der Waals surface area contributed by atoms with Crippen LogP contribution in [0.1, 0.15) is 22.1 Å². The molecule has 0 fully saturated rings. The van der Waals surface area contributed by atoms with Gasteiger partial charge in [0.1, 0.15) is 6.10 Å². The van der Waals surface area contributed by atoms with Gasteiger partial charge in [-0.25, -0.2) is 0 Å². The van der Waals surface area contributed by atoms with Crippen molar-refractivity contribution >= 4 is 11.3 Å². The number of hydrogen-bond donors (Lipinski definition) is 2. The molecule has 0 amide bonds. The molecule has 2 aromatic rings. The van der Waals surface area contributed by atoms with Gasteiger partial charge in [-0.15, -0.1) is 11.3 Å². The molecular weight excluding hydrogens is 230 g/mol. The molecule has 0 aliphatic rings. The molecule has 1 unspecified atom stereocenters. The number of nitrogens with two attached hydrogens (primary N) is 1. The zero-order valence-electron chi connectivity index (χ0n) is 10.1. The third-order valence-electron chi connectivity index (χ3n) is 3.05. The Morgan fingerprint density at radius 3 is 2.71 bits per heavy atom. The van der Waals surface area contributed by atoms with Crippen molar-refractivity contribution in [2.45, 2.75) is 20.0 Å². The quantitative estimate of drug-likeness (QED) is 0.875. The SMILES string of the molecule is Cc1cccc(-c2ccc(C(O)CN)s2)c1C. The lowest BCUT2D eigenvalue weighted by Crippen LogP contribution is -2.09. The molecule has 2 rings (SSSR count). The maximum absolute atomic E-state index is 9.70. The zero-order valence-corrected chi connectivity index (χ0v) is 10.9. The van der Waals surface area contributed by atoms with E-state index in [2.05, 4.69) is 38.1 Å². The van der Waals surface area contributed by atoms with Gasteiger partial charge in [0.25, 0.3) is 0 Å². The van der Waals surface area contributed by atoms with E-state index >= 15 is 0 Å². The Morgan fingerprint density at radius 2 is 2.00 bits per heavy atom. The van der Waals surface area contributed by atoms with Crippen LogP contribution in [0.5, 0.6) is 0 Å². The van der Waals surface area contributed by atoms with Gasteiger partial charge in [0.05, 0.1) is 0 Å². The molecule has 2 nitrogen and oxygen atoms in total. The smallest absolute Gasteiger partial charge is 0.100 e. The second kappa shape index (κ2) is 5.00. The van der Waals surface area contributed by atoms with Crippen LogP contribution in [0.25, 0.3) is 10.4 Å². The van der Waals surface area contributed by atoms with E-state index in [1.165, 1.54) is 21.6 Å². The summed E-state index contributed by atoms with van der Waals surface area (Å²) in [6, 6.07) is 10.3. The summed E-state index contributed by atoms with van der Waals surface area (Å²) in [5.74, 6) is 0. The Morgan fingerprint density at radius 1 is 1.24 bits per heavy atom. The molecule has 3 N–H and O–H groups in total. The van der Waals surface area contributed by atoms with Crippen molar-refractivity contribution in [3.63, 3.8) is 0 Å². The van der Waals surface area contributed by atoms with Crippen molar-refractivity contribution in [1.82, 2.24) is 0 Å². The predicted octanol–water partition coefficient (Wildman–Crippen LogP) is 3.02. The van der Waals surface area contributed by atoms with Crippen molar-refractivity contribution in [2.24, 2.45) is 5.73 Å². The molecule has 1 aromatic carbocycles. The van der Waals surface area contributed by atoms with Gasteiger partial charge < -0.3 is 10.8 Å². The number of aliphatic hydroxyl groups excluding tert-OH is 1. The third-order valence-corrected chi connectivity index (χ3v) is 4.27. The molecule has 0 bridgehead atoms. The number of thiophene rings is 1. The minimum absolute atomic E-state index is 0.271. The zero-order chi connectivity index (χ0) is 12.4. The number of rotatable bonds is 3. The molecule has 0 aliphatic carbocycles. The van der Waals surface area contributed by atoms with E-state index in [0.717, 1.165) is 4.88 Å². The fourth-order valence-corrected chi connectivity index (χ4v) is 2.90. The van der Waals surface area contributed by atoms with Crippen LogP contribution in [0, 0.1) is 13.8 Å². The Kier molecular flexibility index (Phi) is 3.62. The average molecular weight is 247 g/mol. The first-order valence-electron chi connectivity index (χ1n) is 5.68. The van der Waals surface area contributed by atoms with Gasteiger partial charge >= 0.3 is 0 Å². The highest BCUT2D eigenvalue weighted by Gasteiger charge is 2.11. The summed E-state index contributed by atoms with van der Waals surface area (Å²) in [7, 11) is 0. The van der Waals surface area contributed by atoms with E-state index in [1.54, 1.807) is 11.3 Å². The van der Waals surface area contributed by atoms with Gasteiger partial charge in [-0.3, -0.25) is 0 Å². The van der Waals surface area contributed by atoms with E-state index < -0.39 is 6.10 Å². The molecule has 0 radical (unpaired) electrons. The van der Waals surface area contributed by atoms with E-state index in [-0.39, 0.29) is 6.54 Å². The van der Waals surface area contributed by atoms with Crippen LogP contribution < -0.4 is 5.73 Å². The van der Waals surface area contributed by atoms with Crippen LogP contribution in [-0.2, 0) is 0 Å². The van der Waals surface area contributed by atoms with Crippen LogP contribution in [0.3, 0.4) is 0 Å². The normalized spacial score (nSPS) is 12.7. The maximum atomic E-state index is 9.70. The van der Waals surface area contributed by atoms with E-state index in [0.29, 0.717) is 0 Å². The van der Waals surface area contributed by atoms with Crippen LogP contribution in [0.2, 0.25) is 0 Å². The van der Waals surface area contributed by atoms with Crippen LogP contribution in [-0.4, -0.2) is 11.7 Å². The molecule has 3 heteroatoms. The van der Waals surface area contributed by atoms with Crippen molar-refractivity contribution in [3.8, 4) is 10.4 Å². The van der Waals surface area contributed by atoms with Gasteiger partial charge in [-0.1, -0.05) is 18.2 Å². The lowest BCUT2D eigenvalue weighted by Gasteiger charge is -2.06. The minimum atomic E-state index is -0.543. The highest BCUT2D eigenvalue weighted by molar-refractivity contribution is 7.15. The molecule has 0 spiro atoms. The third kappa shape index (κ3) is 2.41. The highest BCUT2D eigenvalue weighted by Crippen LogP contribution is 2.33. The summed E-state index contributed by atoms with van der Waals surface area (Å²) in [4.78, 5) is 2.12. The first-order valence-corrected chi connectivity index (χ1v) is 6.49. The molecule has 1 atom stereocenters. The van der Waals surface area contributed by atoms with E-state index in [1.807, 2.05) is 6.07 Å². The number of benzene rings is 1. The van der Waals surface area contributed by atoms with Crippen LogP contribution >= 0.6 is 11.3 Å². The molecule has 0 saturated carbocycles. The van der Waals surface area contributed by atoms with E-state index in [4.69, 9.17) is 5.73 Å². The van der Waals surface area contributed by atoms with Gasteiger partial charge in [0.2, 0.25) is 0 Å². The van der Waals surface area contributed by atoms with Gasteiger partial charge in [-0.2, -0.15) is 0 Å². The average Bonchev–Trinajstić information content (AvgIpc) is 2.81. The fourth-order valence-electron chi connectivity index (χ4n) is 1.81. The summed E-state index contributed by atoms with van der Waals surface area (Å²) in [5.41, 5.74) is 9.29. The summed E-state index contributed by atoms with van der Waals surface area (Å²) >= 11 is 1.61. The van der Waals surface area contributed by atoms with E-state index in [9.17, 15) is 5.11 Å². The molecule has 1 heterocycles.